The normalized spacial score (nSPS) is 13.1. The van der Waals surface area contributed by atoms with Gasteiger partial charge in [-0.2, -0.15) is 0 Å². The van der Waals surface area contributed by atoms with Gasteiger partial charge in [-0.05, 0) is 73.0 Å². The van der Waals surface area contributed by atoms with Gasteiger partial charge < -0.3 is 10.1 Å². The topological polar surface area (TPSA) is 86.1 Å². The average Bonchev–Trinajstić information content (AvgIpc) is 3.73. The van der Waals surface area contributed by atoms with Crippen LogP contribution in [0, 0.1) is 0 Å². The van der Waals surface area contributed by atoms with Gasteiger partial charge in [0.05, 0.1) is 39.8 Å². The predicted molar refractivity (Wildman–Crippen MR) is 155 cm³/mol. The Bertz CT molecular complexity index is 1730. The third-order valence-corrected chi connectivity index (χ3v) is 7.93. The van der Waals surface area contributed by atoms with Crippen LogP contribution in [0.2, 0.25) is 5.02 Å². The molecule has 6 rings (SSSR count). The molecule has 39 heavy (non-hydrogen) atoms. The summed E-state index contributed by atoms with van der Waals surface area (Å²) >= 11 is 7.66. The number of anilines is 1. The first-order valence-corrected chi connectivity index (χ1v) is 14.1. The fraction of sp³-hybridized carbons (Fsp3) is 0.200. The molecule has 196 valence electrons. The standard InChI is InChI=1S/C30H25ClN4O3S/c1-2-38-29(37)19-11-13-24(23(31)16-19)33-27(36)17-39-30-34-28-26(8-5-15-32-28)35(30)25-14-12-20(18-9-10-18)21-6-3-4-7-22(21)25/h3-8,11-16,18H,2,9-10,17H2,1H3,(H,33,36). The number of amides is 1. The number of nitrogens with one attached hydrogen (secondary N) is 1. The monoisotopic (exact) mass is 556 g/mol. The van der Waals surface area contributed by atoms with E-state index in [-0.39, 0.29) is 23.3 Å². The molecule has 1 N–H and O–H groups in total. The van der Waals surface area contributed by atoms with Crippen LogP contribution in [-0.2, 0) is 9.53 Å². The predicted octanol–water partition coefficient (Wildman–Crippen LogP) is 7.01. The minimum absolute atomic E-state index is 0.109. The lowest BCUT2D eigenvalue weighted by molar-refractivity contribution is -0.113. The van der Waals surface area contributed by atoms with E-state index in [9.17, 15) is 9.59 Å². The van der Waals surface area contributed by atoms with Gasteiger partial charge in [0, 0.05) is 11.6 Å². The zero-order valence-electron chi connectivity index (χ0n) is 21.2. The average molecular weight is 557 g/mol. The van der Waals surface area contributed by atoms with Crippen LogP contribution in [0.15, 0.2) is 78.1 Å². The highest BCUT2D eigenvalue weighted by atomic mass is 35.5. The smallest absolute Gasteiger partial charge is 0.338 e. The number of pyridine rings is 1. The van der Waals surface area contributed by atoms with Crippen LogP contribution in [0.5, 0.6) is 0 Å². The molecule has 0 atom stereocenters. The molecule has 0 radical (unpaired) electrons. The molecule has 1 saturated carbocycles. The van der Waals surface area contributed by atoms with Crippen LogP contribution in [0.25, 0.3) is 27.6 Å². The van der Waals surface area contributed by atoms with Crippen LogP contribution in [-0.4, -0.2) is 38.8 Å². The van der Waals surface area contributed by atoms with Crippen molar-refractivity contribution in [2.24, 2.45) is 0 Å². The summed E-state index contributed by atoms with van der Waals surface area (Å²) in [6.45, 7) is 2.01. The molecule has 1 fully saturated rings. The van der Waals surface area contributed by atoms with Crippen LogP contribution in [0.4, 0.5) is 5.69 Å². The van der Waals surface area contributed by atoms with Crippen molar-refractivity contribution in [3.63, 3.8) is 0 Å². The lowest BCUT2D eigenvalue weighted by Crippen LogP contribution is -2.15. The Labute approximate surface area is 234 Å². The third-order valence-electron chi connectivity index (χ3n) is 6.68. The largest absolute Gasteiger partial charge is 0.462 e. The molecule has 1 amide bonds. The number of hydrogen-bond donors (Lipinski definition) is 1. The van der Waals surface area contributed by atoms with E-state index in [4.69, 9.17) is 21.3 Å². The molecule has 7 nitrogen and oxygen atoms in total. The molecule has 0 saturated heterocycles. The molecule has 1 aliphatic rings. The van der Waals surface area contributed by atoms with E-state index in [1.165, 1.54) is 41.6 Å². The van der Waals surface area contributed by atoms with Gasteiger partial charge in [-0.3, -0.25) is 9.36 Å². The number of hydrogen-bond acceptors (Lipinski definition) is 6. The van der Waals surface area contributed by atoms with Gasteiger partial charge in [0.15, 0.2) is 10.8 Å². The Morgan fingerprint density at radius 2 is 1.90 bits per heavy atom. The number of imidazole rings is 1. The molecule has 0 spiro atoms. The summed E-state index contributed by atoms with van der Waals surface area (Å²) in [6, 6.07) is 21.4. The van der Waals surface area contributed by atoms with E-state index in [2.05, 4.69) is 51.3 Å². The van der Waals surface area contributed by atoms with Crippen molar-refractivity contribution in [3.8, 4) is 5.69 Å². The maximum atomic E-state index is 12.9. The Hall–Kier alpha value is -3.88. The van der Waals surface area contributed by atoms with Crippen molar-refractivity contribution >= 4 is 62.9 Å². The summed E-state index contributed by atoms with van der Waals surface area (Å²) < 4.78 is 7.09. The summed E-state index contributed by atoms with van der Waals surface area (Å²) in [5, 5.41) is 6.16. The maximum absolute atomic E-state index is 12.9. The number of halogens is 1. The molecule has 0 aliphatic heterocycles. The van der Waals surface area contributed by atoms with Gasteiger partial charge in [0.2, 0.25) is 5.91 Å². The number of benzene rings is 3. The Morgan fingerprint density at radius 1 is 1.08 bits per heavy atom. The molecule has 9 heteroatoms. The summed E-state index contributed by atoms with van der Waals surface area (Å²) in [4.78, 5) is 34.1. The zero-order chi connectivity index (χ0) is 26.9. The second-order valence-corrected chi connectivity index (χ2v) is 10.7. The molecule has 2 aromatic heterocycles. The van der Waals surface area contributed by atoms with Crippen molar-refractivity contribution in [1.29, 1.82) is 0 Å². The van der Waals surface area contributed by atoms with Gasteiger partial charge in [-0.25, -0.2) is 14.8 Å². The zero-order valence-corrected chi connectivity index (χ0v) is 22.8. The molecule has 0 unspecified atom stereocenters. The first kappa shape index (κ1) is 25.4. The van der Waals surface area contributed by atoms with Gasteiger partial charge in [-0.1, -0.05) is 53.7 Å². The number of nitrogens with zero attached hydrogens (tertiary/aromatic N) is 3. The van der Waals surface area contributed by atoms with Crippen LogP contribution >= 0.6 is 23.4 Å². The second kappa shape index (κ2) is 10.7. The number of thioether (sulfide) groups is 1. The van der Waals surface area contributed by atoms with Gasteiger partial charge in [0.25, 0.3) is 0 Å². The lowest BCUT2D eigenvalue weighted by Gasteiger charge is -2.15. The molecule has 5 aromatic rings. The van der Waals surface area contributed by atoms with Crippen molar-refractivity contribution in [2.75, 3.05) is 17.7 Å². The number of fused-ring (bicyclic) bond motifs is 2. The van der Waals surface area contributed by atoms with Crippen LogP contribution < -0.4 is 5.32 Å². The minimum atomic E-state index is -0.460. The van der Waals surface area contributed by atoms with Crippen molar-refractivity contribution in [3.05, 3.63) is 89.1 Å². The van der Waals surface area contributed by atoms with Crippen molar-refractivity contribution < 1.29 is 14.3 Å². The third kappa shape index (κ3) is 5.10. The first-order valence-electron chi connectivity index (χ1n) is 12.8. The van der Waals surface area contributed by atoms with E-state index in [1.807, 2.05) is 12.1 Å². The minimum Gasteiger partial charge on any atom is -0.462 e. The SMILES string of the molecule is CCOC(=O)c1ccc(NC(=O)CSc2nc3ncccc3n2-c2ccc(C3CC3)c3ccccc23)c(Cl)c1. The summed E-state index contributed by atoms with van der Waals surface area (Å²) in [5.41, 5.74) is 4.64. The summed E-state index contributed by atoms with van der Waals surface area (Å²) in [7, 11) is 0. The number of aromatic nitrogens is 3. The Balaban J connectivity index is 1.28. The summed E-state index contributed by atoms with van der Waals surface area (Å²) in [5.74, 6) is 0.0300. The van der Waals surface area contributed by atoms with Crippen LogP contribution in [0.1, 0.15) is 41.6 Å². The molecular formula is C30H25ClN4O3S. The van der Waals surface area contributed by atoms with Crippen LogP contribution in [0.3, 0.4) is 0 Å². The number of rotatable bonds is 8. The van der Waals surface area contributed by atoms with Gasteiger partial charge in [0.1, 0.15) is 0 Å². The Kier molecular flexibility index (Phi) is 6.97. The summed E-state index contributed by atoms with van der Waals surface area (Å²) in [6.07, 6.45) is 4.18. The fourth-order valence-corrected chi connectivity index (χ4v) is 5.79. The highest BCUT2D eigenvalue weighted by Gasteiger charge is 2.26. The van der Waals surface area contributed by atoms with Gasteiger partial charge in [-0.15, -0.1) is 0 Å². The van der Waals surface area contributed by atoms with E-state index in [0.29, 0.717) is 28.0 Å². The fourth-order valence-electron chi connectivity index (χ4n) is 4.75. The van der Waals surface area contributed by atoms with E-state index >= 15 is 0 Å². The highest BCUT2D eigenvalue weighted by molar-refractivity contribution is 7.99. The lowest BCUT2D eigenvalue weighted by atomic mass is 9.99. The number of esters is 1. The molecular weight excluding hydrogens is 532 g/mol. The number of carbonyl (C=O) groups excluding carboxylic acids is 2. The quantitative estimate of drug-likeness (QED) is 0.163. The van der Waals surface area contributed by atoms with Gasteiger partial charge >= 0.3 is 5.97 Å². The number of ether oxygens (including phenoxy) is 1. The maximum Gasteiger partial charge on any atom is 0.338 e. The molecule has 1 aliphatic carbocycles. The Morgan fingerprint density at radius 3 is 2.67 bits per heavy atom. The second-order valence-electron chi connectivity index (χ2n) is 9.32. The van der Waals surface area contributed by atoms with E-state index in [1.54, 1.807) is 25.3 Å². The van der Waals surface area contributed by atoms with Crippen molar-refractivity contribution in [2.45, 2.75) is 30.8 Å². The van der Waals surface area contributed by atoms with Crippen molar-refractivity contribution in [1.82, 2.24) is 14.5 Å². The first-order chi connectivity index (χ1) is 19.0. The van der Waals surface area contributed by atoms with E-state index in [0.717, 1.165) is 16.6 Å². The highest BCUT2D eigenvalue weighted by Crippen LogP contribution is 2.44. The number of carbonyl (C=O) groups is 2. The molecule has 0 bridgehead atoms. The molecule has 3 aromatic carbocycles. The molecule has 2 heterocycles. The van der Waals surface area contributed by atoms with E-state index < -0.39 is 5.97 Å².